The largest absolute Gasteiger partial charge is 0.494 e. The fourth-order valence-electron chi connectivity index (χ4n) is 3.33. The molecule has 0 radical (unpaired) electrons. The Kier molecular flexibility index (Phi) is 5.44. The van der Waals surface area contributed by atoms with Gasteiger partial charge >= 0.3 is 0 Å². The van der Waals surface area contributed by atoms with Gasteiger partial charge in [0.1, 0.15) is 5.75 Å². The van der Waals surface area contributed by atoms with Crippen molar-refractivity contribution in [2.75, 3.05) is 19.7 Å². The number of ether oxygens (including phenoxy) is 1. The van der Waals surface area contributed by atoms with Crippen molar-refractivity contribution >= 4 is 0 Å². The molecule has 1 aliphatic heterocycles. The van der Waals surface area contributed by atoms with Gasteiger partial charge in [-0.25, -0.2) is 0 Å². The number of nitrogens with two attached hydrogens (primary N) is 1. The van der Waals surface area contributed by atoms with E-state index in [1.807, 2.05) is 6.92 Å². The molecular weight excluding hydrogens is 248 g/mol. The summed E-state index contributed by atoms with van der Waals surface area (Å²) in [6.45, 7) is 9.19. The van der Waals surface area contributed by atoms with Crippen molar-refractivity contribution < 1.29 is 4.74 Å². The highest BCUT2D eigenvalue weighted by molar-refractivity contribution is 5.29. The van der Waals surface area contributed by atoms with Crippen LogP contribution in [0.5, 0.6) is 5.75 Å². The van der Waals surface area contributed by atoms with Gasteiger partial charge in [0.15, 0.2) is 0 Å². The monoisotopic (exact) mass is 276 g/mol. The van der Waals surface area contributed by atoms with Crippen LogP contribution in [0, 0.1) is 5.92 Å². The topological polar surface area (TPSA) is 38.5 Å². The fourth-order valence-corrected chi connectivity index (χ4v) is 3.33. The van der Waals surface area contributed by atoms with Crippen molar-refractivity contribution in [2.45, 2.75) is 45.7 Å². The average Bonchev–Trinajstić information content (AvgIpc) is 2.91. The maximum atomic E-state index is 6.07. The van der Waals surface area contributed by atoms with Gasteiger partial charge in [0.25, 0.3) is 0 Å². The predicted molar refractivity (Wildman–Crippen MR) is 84.0 cm³/mol. The summed E-state index contributed by atoms with van der Waals surface area (Å²) in [6.07, 6.45) is 2.58. The Bertz CT molecular complexity index is 402. The lowest BCUT2D eigenvalue weighted by molar-refractivity contribution is 0.149. The minimum absolute atomic E-state index is 0.334. The van der Waals surface area contributed by atoms with Crippen molar-refractivity contribution in [1.29, 1.82) is 0 Å². The first-order chi connectivity index (χ1) is 9.67. The minimum Gasteiger partial charge on any atom is -0.494 e. The molecular formula is C17H28N2O. The molecule has 2 N–H and O–H groups in total. The summed E-state index contributed by atoms with van der Waals surface area (Å²) in [5.74, 6) is 1.63. The molecule has 0 aromatic heterocycles. The zero-order valence-electron chi connectivity index (χ0n) is 13.0. The minimum atomic E-state index is 0.334. The second-order valence-corrected chi connectivity index (χ2v) is 5.94. The summed E-state index contributed by atoms with van der Waals surface area (Å²) in [6, 6.07) is 9.44. The molecule has 0 saturated carbocycles. The molecule has 1 aromatic rings. The molecule has 1 aliphatic rings. The molecule has 1 saturated heterocycles. The van der Waals surface area contributed by atoms with Crippen molar-refractivity contribution in [3.05, 3.63) is 29.8 Å². The van der Waals surface area contributed by atoms with Gasteiger partial charge in [-0.3, -0.25) is 4.90 Å². The molecule has 1 heterocycles. The van der Waals surface area contributed by atoms with E-state index >= 15 is 0 Å². The van der Waals surface area contributed by atoms with Crippen LogP contribution < -0.4 is 10.5 Å². The molecule has 0 spiro atoms. The third-order valence-corrected chi connectivity index (χ3v) is 4.31. The maximum Gasteiger partial charge on any atom is 0.119 e. The Labute approximate surface area is 123 Å². The standard InChI is InChI=1S/C17H28N2O/c1-4-20-15-9-7-14(8-10-15)17(12-18)19-11-5-6-16(19)13(2)3/h7-10,13,16-17H,4-6,11-12,18H2,1-3H3. The van der Waals surface area contributed by atoms with E-state index in [9.17, 15) is 0 Å². The second-order valence-electron chi connectivity index (χ2n) is 5.94. The summed E-state index contributed by atoms with van der Waals surface area (Å²) in [5.41, 5.74) is 7.38. The fraction of sp³-hybridized carbons (Fsp3) is 0.647. The van der Waals surface area contributed by atoms with E-state index in [0.29, 0.717) is 31.2 Å². The number of nitrogens with zero attached hydrogens (tertiary/aromatic N) is 1. The molecule has 20 heavy (non-hydrogen) atoms. The lowest BCUT2D eigenvalue weighted by Gasteiger charge is -2.34. The smallest absolute Gasteiger partial charge is 0.119 e. The second kappa shape index (κ2) is 7.09. The number of hydrogen-bond acceptors (Lipinski definition) is 3. The van der Waals surface area contributed by atoms with E-state index in [4.69, 9.17) is 10.5 Å². The third-order valence-electron chi connectivity index (χ3n) is 4.31. The van der Waals surface area contributed by atoms with Gasteiger partial charge in [0.2, 0.25) is 0 Å². The van der Waals surface area contributed by atoms with E-state index in [1.165, 1.54) is 18.4 Å². The molecule has 0 aliphatic carbocycles. The van der Waals surface area contributed by atoms with Crippen LogP contribution in [-0.4, -0.2) is 30.6 Å². The van der Waals surface area contributed by atoms with E-state index in [0.717, 1.165) is 12.3 Å². The lowest BCUT2D eigenvalue weighted by Crippen LogP contribution is -2.39. The lowest BCUT2D eigenvalue weighted by atomic mass is 9.98. The van der Waals surface area contributed by atoms with Gasteiger partial charge in [-0.05, 0) is 49.9 Å². The summed E-state index contributed by atoms with van der Waals surface area (Å²) < 4.78 is 5.51. The summed E-state index contributed by atoms with van der Waals surface area (Å²) >= 11 is 0. The Balaban J connectivity index is 2.14. The average molecular weight is 276 g/mol. The first-order valence-corrected chi connectivity index (χ1v) is 7.86. The van der Waals surface area contributed by atoms with Crippen LogP contribution in [-0.2, 0) is 0 Å². The number of likely N-dealkylation sites (tertiary alicyclic amines) is 1. The van der Waals surface area contributed by atoms with E-state index in [1.54, 1.807) is 0 Å². The van der Waals surface area contributed by atoms with E-state index < -0.39 is 0 Å². The number of benzene rings is 1. The molecule has 2 rings (SSSR count). The van der Waals surface area contributed by atoms with Gasteiger partial charge < -0.3 is 10.5 Å². The molecule has 3 nitrogen and oxygen atoms in total. The molecule has 0 bridgehead atoms. The van der Waals surface area contributed by atoms with Gasteiger partial charge in [0.05, 0.1) is 6.61 Å². The first kappa shape index (κ1) is 15.3. The van der Waals surface area contributed by atoms with Crippen LogP contribution in [0.15, 0.2) is 24.3 Å². The van der Waals surface area contributed by atoms with Gasteiger partial charge in [-0.15, -0.1) is 0 Å². The van der Waals surface area contributed by atoms with Crippen LogP contribution in [0.25, 0.3) is 0 Å². The van der Waals surface area contributed by atoms with Gasteiger partial charge in [0, 0.05) is 18.6 Å². The van der Waals surface area contributed by atoms with Crippen LogP contribution in [0.2, 0.25) is 0 Å². The summed E-state index contributed by atoms with van der Waals surface area (Å²) in [5, 5.41) is 0. The van der Waals surface area contributed by atoms with Crippen LogP contribution in [0.3, 0.4) is 0 Å². The molecule has 1 fully saturated rings. The number of hydrogen-bond donors (Lipinski definition) is 1. The number of rotatable bonds is 6. The SMILES string of the molecule is CCOc1ccc(C(CN)N2CCCC2C(C)C)cc1. The summed E-state index contributed by atoms with van der Waals surface area (Å²) in [4.78, 5) is 2.60. The van der Waals surface area contributed by atoms with E-state index in [-0.39, 0.29) is 0 Å². The predicted octanol–water partition coefficient (Wildman–Crippen LogP) is 3.21. The Morgan fingerprint density at radius 2 is 2.00 bits per heavy atom. The quantitative estimate of drug-likeness (QED) is 0.867. The highest BCUT2D eigenvalue weighted by atomic mass is 16.5. The molecule has 1 aromatic carbocycles. The van der Waals surface area contributed by atoms with Gasteiger partial charge in [-0.2, -0.15) is 0 Å². The van der Waals surface area contributed by atoms with Crippen molar-refractivity contribution in [3.8, 4) is 5.75 Å². The van der Waals surface area contributed by atoms with E-state index in [2.05, 4.69) is 43.0 Å². The molecule has 2 atom stereocenters. The third kappa shape index (κ3) is 3.33. The Morgan fingerprint density at radius 1 is 1.30 bits per heavy atom. The zero-order chi connectivity index (χ0) is 14.5. The van der Waals surface area contributed by atoms with Crippen LogP contribution >= 0.6 is 0 Å². The molecule has 0 amide bonds. The van der Waals surface area contributed by atoms with Crippen LogP contribution in [0.1, 0.15) is 45.2 Å². The zero-order valence-corrected chi connectivity index (χ0v) is 13.0. The van der Waals surface area contributed by atoms with Crippen molar-refractivity contribution in [1.82, 2.24) is 4.90 Å². The van der Waals surface area contributed by atoms with Gasteiger partial charge in [-0.1, -0.05) is 26.0 Å². The summed E-state index contributed by atoms with van der Waals surface area (Å²) in [7, 11) is 0. The Hall–Kier alpha value is -1.06. The molecule has 2 unspecified atom stereocenters. The molecule has 3 heteroatoms. The highest BCUT2D eigenvalue weighted by Gasteiger charge is 2.32. The normalized spacial score (nSPS) is 21.4. The maximum absolute atomic E-state index is 6.07. The first-order valence-electron chi connectivity index (χ1n) is 7.86. The van der Waals surface area contributed by atoms with Crippen LogP contribution in [0.4, 0.5) is 0 Å². The highest BCUT2D eigenvalue weighted by Crippen LogP contribution is 2.32. The molecule has 112 valence electrons. The van der Waals surface area contributed by atoms with Crippen molar-refractivity contribution in [2.24, 2.45) is 11.7 Å². The van der Waals surface area contributed by atoms with Crippen molar-refractivity contribution in [3.63, 3.8) is 0 Å². The Morgan fingerprint density at radius 3 is 2.55 bits per heavy atom.